The van der Waals surface area contributed by atoms with Gasteiger partial charge < -0.3 is 47.1 Å². The van der Waals surface area contributed by atoms with E-state index < -0.39 is 36.7 Å². The van der Waals surface area contributed by atoms with Crippen LogP contribution in [0.25, 0.3) is 0 Å². The molecule has 7 atom stereocenters. The van der Waals surface area contributed by atoms with Crippen LogP contribution in [-0.4, -0.2) is 90.4 Å². The molecule has 3 rings (SSSR count). The Kier molecular flexibility index (Phi) is 18.0. The first-order valence-corrected chi connectivity index (χ1v) is 14.2. The van der Waals surface area contributed by atoms with Gasteiger partial charge in [0.05, 0.1) is 19.3 Å². The molecule has 0 spiro atoms. The summed E-state index contributed by atoms with van der Waals surface area (Å²) in [5, 5.41) is 36.9. The van der Waals surface area contributed by atoms with Gasteiger partial charge in [-0.1, -0.05) is 51.4 Å². The monoisotopic (exact) mass is 646 g/mol. The Morgan fingerprint density at radius 1 is 1.03 bits per heavy atom. The van der Waals surface area contributed by atoms with Gasteiger partial charge in [-0.05, 0) is 38.3 Å². The van der Waals surface area contributed by atoms with Gasteiger partial charge in [-0.2, -0.15) is 6.42 Å². The van der Waals surface area contributed by atoms with Crippen molar-refractivity contribution in [1.29, 1.82) is 0 Å². The summed E-state index contributed by atoms with van der Waals surface area (Å²) in [4.78, 5) is 12.4. The molecular formula is C27H49CsN2O7. The number of rotatable bonds is 17. The molecule has 6 unspecified atom stereocenters. The van der Waals surface area contributed by atoms with Crippen molar-refractivity contribution in [3.05, 3.63) is 6.92 Å². The molecule has 0 aromatic heterocycles. The maximum Gasteiger partial charge on any atom is 1.00 e. The minimum atomic E-state index is -1.26. The minimum Gasteiger partial charge on any atom is -0.394 e. The molecular weight excluding hydrogens is 597 g/mol. The molecule has 0 bridgehead atoms. The van der Waals surface area contributed by atoms with Gasteiger partial charge in [-0.3, -0.25) is 4.79 Å². The smallest absolute Gasteiger partial charge is 0.394 e. The number of carbonyl (C=O) groups is 1. The maximum absolute atomic E-state index is 12.4. The number of ether oxygens (including phenoxy) is 3. The molecule has 3 fully saturated rings. The molecule has 37 heavy (non-hydrogen) atoms. The number of carbonyl (C=O) groups excluding carboxylic acids is 1. The van der Waals surface area contributed by atoms with Gasteiger partial charge in [-0.15, -0.1) is 0 Å². The van der Waals surface area contributed by atoms with Crippen molar-refractivity contribution in [3.63, 3.8) is 0 Å². The normalized spacial score (nSPS) is 29.5. The van der Waals surface area contributed by atoms with E-state index in [1.165, 1.54) is 64.5 Å². The number of hydrogen-bond donors (Lipinski definition) is 5. The predicted molar refractivity (Wildman–Crippen MR) is 136 cm³/mol. The van der Waals surface area contributed by atoms with Crippen molar-refractivity contribution >= 4 is 5.91 Å². The van der Waals surface area contributed by atoms with Crippen LogP contribution in [0.5, 0.6) is 0 Å². The van der Waals surface area contributed by atoms with E-state index in [-0.39, 0.29) is 93.9 Å². The molecule has 9 nitrogen and oxygen atoms in total. The van der Waals surface area contributed by atoms with Crippen LogP contribution < -0.4 is 79.5 Å². The molecule has 3 aliphatic heterocycles. The summed E-state index contributed by atoms with van der Waals surface area (Å²) in [5.41, 5.74) is 0. The quantitative estimate of drug-likeness (QED) is 0.0988. The first-order valence-electron chi connectivity index (χ1n) is 14.2. The van der Waals surface area contributed by atoms with Crippen LogP contribution in [0.4, 0.5) is 0 Å². The van der Waals surface area contributed by atoms with E-state index >= 15 is 0 Å². The summed E-state index contributed by atoms with van der Waals surface area (Å²) in [5.74, 6) is 0.801. The third kappa shape index (κ3) is 11.9. The van der Waals surface area contributed by atoms with Crippen LogP contribution in [0.3, 0.4) is 0 Å². The number of nitrogens with one attached hydrogen (secondary N) is 2. The zero-order chi connectivity index (χ0) is 25.8. The van der Waals surface area contributed by atoms with Gasteiger partial charge >= 0.3 is 68.9 Å². The van der Waals surface area contributed by atoms with Crippen LogP contribution in [0.1, 0.15) is 83.5 Å². The third-order valence-electron chi connectivity index (χ3n) is 7.87. The Morgan fingerprint density at radius 3 is 2.30 bits per heavy atom. The Hall–Kier alpha value is 1.24. The number of unbranched alkanes of at least 4 members (excludes halogenated alkanes) is 7. The molecule has 0 saturated carbocycles. The fraction of sp³-hybridized carbons (Fsp3) is 0.926. The zero-order valence-corrected chi connectivity index (χ0v) is 29.1. The molecule has 210 valence electrons. The van der Waals surface area contributed by atoms with E-state index in [4.69, 9.17) is 14.2 Å². The van der Waals surface area contributed by atoms with E-state index in [0.717, 1.165) is 25.2 Å². The predicted octanol–water partition coefficient (Wildman–Crippen LogP) is -1.18. The average Bonchev–Trinajstić information content (AvgIpc) is 2.87. The Morgan fingerprint density at radius 2 is 1.68 bits per heavy atom. The number of piperidine rings is 1. The molecule has 3 heterocycles. The number of fused-ring (bicyclic) bond motifs is 1. The van der Waals surface area contributed by atoms with Crippen molar-refractivity contribution in [1.82, 2.24) is 10.6 Å². The van der Waals surface area contributed by atoms with Crippen molar-refractivity contribution in [3.8, 4) is 0 Å². The van der Waals surface area contributed by atoms with Crippen molar-refractivity contribution in [2.45, 2.75) is 126 Å². The van der Waals surface area contributed by atoms with Crippen LogP contribution in [0.2, 0.25) is 0 Å². The minimum absolute atomic E-state index is 0. The number of amides is 1. The summed E-state index contributed by atoms with van der Waals surface area (Å²) < 4.78 is 16.5. The third-order valence-corrected chi connectivity index (χ3v) is 7.87. The maximum atomic E-state index is 12.4. The van der Waals surface area contributed by atoms with Crippen molar-refractivity contribution in [2.75, 3.05) is 26.3 Å². The molecule has 0 radical (unpaired) electrons. The van der Waals surface area contributed by atoms with E-state index in [1.54, 1.807) is 0 Å². The molecule has 5 N–H and O–H groups in total. The van der Waals surface area contributed by atoms with Gasteiger partial charge in [0.15, 0.2) is 6.29 Å². The van der Waals surface area contributed by atoms with E-state index in [0.29, 0.717) is 13.0 Å². The van der Waals surface area contributed by atoms with Crippen LogP contribution >= 0.6 is 0 Å². The topological polar surface area (TPSA) is 130 Å². The number of aliphatic hydroxyl groups excluding tert-OH is 3. The van der Waals surface area contributed by atoms with Gasteiger partial charge in [0.25, 0.3) is 0 Å². The van der Waals surface area contributed by atoms with E-state index in [9.17, 15) is 20.1 Å². The van der Waals surface area contributed by atoms with E-state index in [1.807, 2.05) is 0 Å². The van der Waals surface area contributed by atoms with Crippen LogP contribution in [-0.2, 0) is 19.0 Å². The first-order chi connectivity index (χ1) is 17.5. The average molecular weight is 647 g/mol. The largest absolute Gasteiger partial charge is 1.00 e. The summed E-state index contributed by atoms with van der Waals surface area (Å²) in [6, 6.07) is -0.664. The van der Waals surface area contributed by atoms with E-state index in [2.05, 4.69) is 17.6 Å². The Bertz CT molecular complexity index is 626. The Labute approximate surface area is 281 Å². The molecule has 0 aromatic rings. The number of hydrogen-bond acceptors (Lipinski definition) is 8. The second-order valence-corrected chi connectivity index (χ2v) is 10.7. The summed E-state index contributed by atoms with van der Waals surface area (Å²) in [7, 11) is 0. The second-order valence-electron chi connectivity index (χ2n) is 10.7. The standard InChI is InChI=1S/C27H49N2O7.Cs/c1-2-21(30)20(17-35-27-25(33)24(32)26-22(36-27)18-34-26)29-23(31)12-10-8-6-4-3-5-7-9-11-19-13-15-28-16-14-19;/h19-22,24-28,30,32-33H,1-18H2,(H,29,31);/q-1;+1/t20-,21?,22?,24?,25?,26?,27?;/m0./s1. The van der Waals surface area contributed by atoms with Gasteiger partial charge in [0.1, 0.15) is 24.4 Å². The van der Waals surface area contributed by atoms with Crippen LogP contribution in [0, 0.1) is 12.8 Å². The zero-order valence-electron chi connectivity index (χ0n) is 22.8. The molecule has 0 aliphatic carbocycles. The van der Waals surface area contributed by atoms with Gasteiger partial charge in [0, 0.05) is 12.5 Å². The van der Waals surface area contributed by atoms with Crippen molar-refractivity contribution < 1.29 is 103 Å². The molecule has 10 heteroatoms. The first kappa shape index (κ1) is 34.4. The van der Waals surface area contributed by atoms with Crippen molar-refractivity contribution in [2.24, 2.45) is 5.92 Å². The summed E-state index contributed by atoms with van der Waals surface area (Å²) >= 11 is 0. The molecule has 1 amide bonds. The summed E-state index contributed by atoms with van der Waals surface area (Å²) in [6.45, 7) is 6.39. The molecule has 3 saturated heterocycles. The van der Waals surface area contributed by atoms with Crippen LogP contribution in [0.15, 0.2) is 0 Å². The van der Waals surface area contributed by atoms with Gasteiger partial charge in [0.2, 0.25) is 5.91 Å². The SMILES string of the molecule is [CH2-]CC(O)[C@H](COC1OC2COC2C(O)C1O)NC(=O)CCCCCCCCCCC1CCNCC1.[Cs+]. The fourth-order valence-corrected chi connectivity index (χ4v) is 5.34. The molecule has 0 aromatic carbocycles. The summed E-state index contributed by atoms with van der Waals surface area (Å²) in [6.07, 6.45) is 9.02. The Balaban J connectivity index is 0.00000481. The number of aliphatic hydroxyl groups is 3. The second kappa shape index (κ2) is 19.4. The van der Waals surface area contributed by atoms with Gasteiger partial charge in [-0.25, -0.2) is 0 Å². The molecule has 3 aliphatic rings. The fourth-order valence-electron chi connectivity index (χ4n) is 5.34.